The van der Waals surface area contributed by atoms with Crippen LogP contribution in [0.25, 0.3) is 11.4 Å². The maximum Gasteiger partial charge on any atom is -1.00 e. The molecule has 0 saturated heterocycles. The summed E-state index contributed by atoms with van der Waals surface area (Å²) in [5.74, 6) is 1.82. The summed E-state index contributed by atoms with van der Waals surface area (Å²) in [5.41, 5.74) is 22.3. The van der Waals surface area contributed by atoms with Gasteiger partial charge in [-0.05, 0) is 226 Å². The number of aliphatic hydroxyl groups is 1. The molecule has 3 aliphatic carbocycles. The van der Waals surface area contributed by atoms with Crippen molar-refractivity contribution in [2.24, 2.45) is 0 Å². The minimum Gasteiger partial charge on any atom is -1.00 e. The van der Waals surface area contributed by atoms with Crippen molar-refractivity contribution < 1.29 is 53.5 Å². The summed E-state index contributed by atoms with van der Waals surface area (Å²) in [4.78, 5) is 4.51. The summed E-state index contributed by atoms with van der Waals surface area (Å²) in [6, 6.07) is 43.9. The zero-order valence-electron chi connectivity index (χ0n) is 75.4. The van der Waals surface area contributed by atoms with Crippen LogP contribution < -0.4 is 31.5 Å². The molecular weight excluding hydrogens is 1700 g/mol. The predicted molar refractivity (Wildman–Crippen MR) is 496 cm³/mol. The topological polar surface area (TPSA) is 37.3 Å². The van der Waals surface area contributed by atoms with Gasteiger partial charge in [-0.15, -0.1) is 6.67 Å². The van der Waals surface area contributed by atoms with Gasteiger partial charge in [0.2, 0.25) is 0 Å². The molecule has 7 aromatic rings. The van der Waals surface area contributed by atoms with E-state index in [-0.39, 0.29) is 75.9 Å². The SMILES string of the molecule is C1CCC([PH+](C2CCCCC2)C2CCCCC2)CC1.CC(C)(C)c1cc(-n2cc[n+](-c3cc(C(C)(C)C)cc(C(C)(C)C)c3)c2)cc(C(C)(C)C)c1.CC(C)(C)c1cc(N2C=CN(c3cc(C(C)(C)C)cc(C(C)(C)C)c3)[CH-]2)cc(C(C)(C)C)c1.CC(C)Oc1ccccc1[CH]=[Ru]([Cl])[Cl].CC(C)[OH+]c1ccccc1[CH]=[Ru]([Cl])[Cl].[Cl-]. The third-order valence-electron chi connectivity index (χ3n) is 22.3. The molecule has 1 aromatic heterocycles. The number of anilines is 2. The molecule has 0 atom stereocenters. The molecular formula is C100H149Cl5N4O2PRu2+. The quantitative estimate of drug-likeness (QED) is 0.0380. The Morgan fingerprint density at radius 2 is 0.728 bits per heavy atom. The molecule has 636 valence electrons. The van der Waals surface area contributed by atoms with E-state index in [1.807, 2.05) is 85.4 Å². The molecule has 6 aromatic carbocycles. The van der Waals surface area contributed by atoms with Crippen molar-refractivity contribution >= 4 is 67.3 Å². The average molecular weight is 1850 g/mol. The number of benzene rings is 6. The molecule has 3 saturated carbocycles. The van der Waals surface area contributed by atoms with Gasteiger partial charge in [-0.2, -0.15) is 0 Å². The fourth-order valence-corrected chi connectivity index (χ4v) is 24.0. The first-order chi connectivity index (χ1) is 52.3. The molecule has 0 radical (unpaired) electrons. The minimum atomic E-state index is -1.77. The summed E-state index contributed by atoms with van der Waals surface area (Å²) >= 11 is -3.52. The molecule has 14 heteroatoms. The number of imidazole rings is 1. The molecule has 2 heterocycles. The molecule has 3 fully saturated rings. The summed E-state index contributed by atoms with van der Waals surface area (Å²) in [7, 11) is 23.3. The van der Waals surface area contributed by atoms with E-state index < -0.39 is 27.0 Å². The van der Waals surface area contributed by atoms with E-state index in [2.05, 4.69) is 300 Å². The van der Waals surface area contributed by atoms with Crippen LogP contribution in [0.1, 0.15) is 346 Å². The monoisotopic (exact) mass is 1850 g/mol. The van der Waals surface area contributed by atoms with E-state index in [1.165, 1.54) is 84.2 Å². The third kappa shape index (κ3) is 31.1. The summed E-state index contributed by atoms with van der Waals surface area (Å²) in [5, 5.41) is 0. The number of aromatic nitrogens is 2. The maximum absolute atomic E-state index is 5.83. The maximum atomic E-state index is 5.83. The van der Waals surface area contributed by atoms with Crippen LogP contribution in [0.4, 0.5) is 11.4 Å². The van der Waals surface area contributed by atoms with E-state index in [4.69, 9.17) is 43.5 Å². The van der Waals surface area contributed by atoms with Crippen LogP contribution in [-0.4, -0.2) is 47.7 Å². The van der Waals surface area contributed by atoms with Gasteiger partial charge in [0.05, 0.1) is 17.0 Å². The van der Waals surface area contributed by atoms with Gasteiger partial charge in [-0.1, -0.05) is 210 Å². The van der Waals surface area contributed by atoms with Crippen molar-refractivity contribution in [1.82, 2.24) is 4.57 Å². The van der Waals surface area contributed by atoms with Crippen molar-refractivity contribution in [3.05, 3.63) is 215 Å². The standard InChI is InChI=1S/2C31H45N2.C18H33P.2C10H12O.5ClH.2Ru/c2*1-28(2,3)22-15-23(29(4,5)6)18-26(17-22)32-13-14-33(21-32)27-19-24(30(7,8)9)16-25(20-27)31(10,11)12;1-4-10-16(11-5-1)19(17-12-6-2-7-13-17)18-14-8-3-9-15-18;2*1-8(2)11-10-7-5-4-6-9(10)3;;;;;;;/h2*13-21H,1-12H3;16-18H,1-15H2;2*3-8H,1-2H3;5*1H;;/q-1;+1;;;;;;;;;2*+2/p-3. The number of nitrogens with zero attached hydrogens (tertiary/aromatic N) is 4. The molecule has 6 nitrogen and oxygen atoms in total. The minimum absolute atomic E-state index is 0. The average Bonchev–Trinajstić information content (AvgIpc) is 1.56. The van der Waals surface area contributed by atoms with Gasteiger partial charge >= 0.3 is 196 Å². The number of aromatic hydroxyl groups is 1. The second-order valence-corrected chi connectivity index (χ2v) is 56.0. The second-order valence-electron chi connectivity index (χ2n) is 41.1. The Balaban J connectivity index is 0.000000232. The van der Waals surface area contributed by atoms with Gasteiger partial charge < -0.3 is 22.2 Å². The van der Waals surface area contributed by atoms with Gasteiger partial charge in [0.15, 0.2) is 0 Å². The van der Waals surface area contributed by atoms with E-state index >= 15 is 0 Å². The molecule has 4 aliphatic rings. The first kappa shape index (κ1) is 99.2. The molecule has 1 aliphatic heterocycles. The molecule has 0 bridgehead atoms. The Bertz CT molecular complexity index is 3850. The molecule has 11 rings (SSSR count). The number of rotatable bonds is 13. The molecule has 1 N–H and O–H groups in total. The van der Waals surface area contributed by atoms with Crippen LogP contribution in [0.2, 0.25) is 0 Å². The fourth-order valence-electron chi connectivity index (χ4n) is 15.2. The number of hydrogen-bond acceptors (Lipinski definition) is 3. The van der Waals surface area contributed by atoms with Crippen LogP contribution in [-0.2, 0) is 70.4 Å². The van der Waals surface area contributed by atoms with Crippen molar-refractivity contribution in [1.29, 1.82) is 0 Å². The Morgan fingerprint density at radius 1 is 0.421 bits per heavy atom. The predicted octanol–water partition coefficient (Wildman–Crippen LogP) is 26.9. The van der Waals surface area contributed by atoms with Crippen LogP contribution in [0.5, 0.6) is 11.5 Å². The van der Waals surface area contributed by atoms with Crippen LogP contribution in [0.3, 0.4) is 0 Å². The van der Waals surface area contributed by atoms with E-state index in [9.17, 15) is 0 Å². The van der Waals surface area contributed by atoms with Crippen molar-refractivity contribution in [3.63, 3.8) is 0 Å². The largest absolute Gasteiger partial charge is 1.00 e. The Kier molecular flexibility index (Phi) is 37.1. The second kappa shape index (κ2) is 42.7. The van der Waals surface area contributed by atoms with Gasteiger partial charge in [0.1, 0.15) is 23.8 Å². The van der Waals surface area contributed by atoms with Gasteiger partial charge in [-0.3, -0.25) is 0 Å². The van der Waals surface area contributed by atoms with Crippen molar-refractivity contribution in [3.8, 4) is 22.9 Å². The van der Waals surface area contributed by atoms with E-state index in [1.54, 1.807) is 96.3 Å². The van der Waals surface area contributed by atoms with Crippen molar-refractivity contribution in [2.45, 2.75) is 363 Å². The summed E-state index contributed by atoms with van der Waals surface area (Å²) < 4.78 is 18.4. The van der Waals surface area contributed by atoms with Crippen LogP contribution in [0.15, 0.2) is 152 Å². The molecule has 0 amide bonds. The van der Waals surface area contributed by atoms with Crippen LogP contribution >= 0.6 is 46.7 Å². The summed E-state index contributed by atoms with van der Waals surface area (Å²) in [6.07, 6.45) is 35.2. The Hall–Kier alpha value is -3.66. The van der Waals surface area contributed by atoms with E-state index in [0.717, 1.165) is 22.6 Å². The Morgan fingerprint density at radius 3 is 1.05 bits per heavy atom. The number of halogens is 5. The normalized spacial score (nSPS) is 16.0. The third-order valence-corrected chi connectivity index (χ3v) is 30.5. The first-order valence-corrected chi connectivity index (χ1v) is 55.0. The van der Waals surface area contributed by atoms with Gasteiger partial charge in [-0.25, -0.2) is 9.13 Å². The van der Waals surface area contributed by atoms with Crippen molar-refractivity contribution in [2.75, 3.05) is 9.80 Å². The first-order valence-electron chi connectivity index (χ1n) is 42.3. The molecule has 0 spiro atoms. The molecule has 114 heavy (non-hydrogen) atoms. The smallest absolute Gasteiger partial charge is 1.00 e. The van der Waals surface area contributed by atoms with Gasteiger partial charge in [0.25, 0.3) is 6.33 Å². The van der Waals surface area contributed by atoms with Gasteiger partial charge in [0, 0.05) is 19.3 Å². The zero-order valence-corrected chi connectivity index (χ0v) is 83.7. The fraction of sp³-hybridized carbons (Fsp3) is 0.560. The van der Waals surface area contributed by atoms with E-state index in [0.29, 0.717) is 0 Å². The Labute approximate surface area is 729 Å². The molecule has 0 unspecified atom stereocenters. The summed E-state index contributed by atoms with van der Waals surface area (Å²) in [6.45, 7) is 65.3. The number of para-hydroxylation sites is 2. The number of ether oxygens (including phenoxy) is 2. The number of hydrogen-bond donors (Lipinski definition) is 0. The zero-order chi connectivity index (χ0) is 84.0. The van der Waals surface area contributed by atoms with Crippen LogP contribution in [0, 0.1) is 6.67 Å².